The lowest BCUT2D eigenvalue weighted by Gasteiger charge is -2.19. The van der Waals surface area contributed by atoms with Gasteiger partial charge in [-0.3, -0.25) is 4.79 Å². The van der Waals surface area contributed by atoms with Gasteiger partial charge in [-0.25, -0.2) is 0 Å². The van der Waals surface area contributed by atoms with E-state index in [2.05, 4.69) is 11.9 Å². The third kappa shape index (κ3) is 3.56. The number of nitriles is 1. The van der Waals surface area contributed by atoms with E-state index in [4.69, 9.17) is 26.3 Å². The van der Waals surface area contributed by atoms with Gasteiger partial charge in [-0.1, -0.05) is 17.7 Å². The van der Waals surface area contributed by atoms with Crippen LogP contribution in [0.5, 0.6) is 11.5 Å². The molecule has 0 saturated carbocycles. The van der Waals surface area contributed by atoms with E-state index < -0.39 is 5.91 Å². The SMILES string of the molecule is C=CCNC(=O)/C(C#N)=C/c1cc(Cl)c2c(c1)OCCO2. The van der Waals surface area contributed by atoms with Gasteiger partial charge in [-0.2, -0.15) is 5.26 Å². The summed E-state index contributed by atoms with van der Waals surface area (Å²) in [4.78, 5) is 11.8. The normalized spacial score (nSPS) is 13.2. The number of amides is 1. The molecule has 0 aromatic heterocycles. The number of rotatable bonds is 4. The van der Waals surface area contributed by atoms with E-state index >= 15 is 0 Å². The maximum atomic E-state index is 11.8. The van der Waals surface area contributed by atoms with Crippen LogP contribution in [0.3, 0.4) is 0 Å². The molecule has 6 heteroatoms. The predicted octanol–water partition coefficient (Wildman–Crippen LogP) is 2.32. The zero-order chi connectivity index (χ0) is 15.2. The quantitative estimate of drug-likeness (QED) is 0.526. The van der Waals surface area contributed by atoms with Crippen molar-refractivity contribution in [1.82, 2.24) is 5.32 Å². The molecule has 1 aliphatic heterocycles. The molecule has 2 rings (SSSR count). The summed E-state index contributed by atoms with van der Waals surface area (Å²) in [6.45, 7) is 4.66. The molecule has 0 unspecified atom stereocenters. The van der Waals surface area contributed by atoms with Crippen LogP contribution in [0.4, 0.5) is 0 Å². The van der Waals surface area contributed by atoms with Crippen molar-refractivity contribution in [2.45, 2.75) is 0 Å². The van der Waals surface area contributed by atoms with E-state index in [0.717, 1.165) is 0 Å². The minimum Gasteiger partial charge on any atom is -0.486 e. The van der Waals surface area contributed by atoms with Crippen molar-refractivity contribution in [3.05, 3.63) is 40.9 Å². The molecule has 0 spiro atoms. The summed E-state index contributed by atoms with van der Waals surface area (Å²) in [5, 5.41) is 12.0. The van der Waals surface area contributed by atoms with Crippen molar-refractivity contribution in [2.75, 3.05) is 19.8 Å². The van der Waals surface area contributed by atoms with Crippen molar-refractivity contribution in [3.8, 4) is 17.6 Å². The second kappa shape index (κ2) is 6.82. The summed E-state index contributed by atoms with van der Waals surface area (Å²) in [5.74, 6) is 0.516. The summed E-state index contributed by atoms with van der Waals surface area (Å²) in [7, 11) is 0. The van der Waals surface area contributed by atoms with Crippen LogP contribution in [0, 0.1) is 11.3 Å². The molecule has 0 aliphatic carbocycles. The second-order valence-electron chi connectivity index (χ2n) is 4.20. The first-order valence-electron chi connectivity index (χ1n) is 6.25. The molecular formula is C15H13ClN2O3. The highest BCUT2D eigenvalue weighted by Crippen LogP contribution is 2.38. The lowest BCUT2D eigenvalue weighted by atomic mass is 10.1. The second-order valence-corrected chi connectivity index (χ2v) is 4.60. The minimum absolute atomic E-state index is 0.0235. The first kappa shape index (κ1) is 14.9. The molecule has 0 fully saturated rings. The van der Waals surface area contributed by atoms with Crippen LogP contribution in [0.15, 0.2) is 30.4 Å². The number of ether oxygens (including phenoxy) is 2. The zero-order valence-electron chi connectivity index (χ0n) is 11.2. The third-order valence-electron chi connectivity index (χ3n) is 2.70. The number of nitrogens with zero attached hydrogens (tertiary/aromatic N) is 1. The summed E-state index contributed by atoms with van der Waals surface area (Å²) < 4.78 is 10.9. The van der Waals surface area contributed by atoms with Crippen LogP contribution in [0.2, 0.25) is 5.02 Å². The van der Waals surface area contributed by atoms with Gasteiger partial charge in [0, 0.05) is 6.54 Å². The Bertz CT molecular complexity index is 647. The molecule has 1 amide bonds. The molecule has 0 radical (unpaired) electrons. The van der Waals surface area contributed by atoms with Crippen molar-refractivity contribution < 1.29 is 14.3 Å². The lowest BCUT2D eigenvalue weighted by molar-refractivity contribution is -0.116. The molecule has 108 valence electrons. The largest absolute Gasteiger partial charge is 0.486 e. The molecule has 0 bridgehead atoms. The van der Waals surface area contributed by atoms with Gasteiger partial charge in [-0.15, -0.1) is 6.58 Å². The van der Waals surface area contributed by atoms with Crippen LogP contribution < -0.4 is 14.8 Å². The monoisotopic (exact) mass is 304 g/mol. The fraction of sp³-hybridized carbons (Fsp3) is 0.200. The first-order chi connectivity index (χ1) is 10.2. The number of hydrogen-bond donors (Lipinski definition) is 1. The van der Waals surface area contributed by atoms with Gasteiger partial charge in [0.2, 0.25) is 0 Å². The Morgan fingerprint density at radius 2 is 2.24 bits per heavy atom. The first-order valence-corrected chi connectivity index (χ1v) is 6.63. The predicted molar refractivity (Wildman–Crippen MR) is 79.2 cm³/mol. The summed E-state index contributed by atoms with van der Waals surface area (Å²) in [6.07, 6.45) is 2.98. The highest BCUT2D eigenvalue weighted by atomic mass is 35.5. The number of hydrogen-bond acceptors (Lipinski definition) is 4. The molecule has 5 nitrogen and oxygen atoms in total. The highest BCUT2D eigenvalue weighted by molar-refractivity contribution is 6.32. The van der Waals surface area contributed by atoms with E-state index in [1.165, 1.54) is 12.2 Å². The van der Waals surface area contributed by atoms with Crippen molar-refractivity contribution in [1.29, 1.82) is 5.26 Å². The van der Waals surface area contributed by atoms with Gasteiger partial charge in [-0.05, 0) is 23.8 Å². The molecule has 0 atom stereocenters. The Morgan fingerprint density at radius 1 is 1.48 bits per heavy atom. The fourth-order valence-corrected chi connectivity index (χ4v) is 2.06. The van der Waals surface area contributed by atoms with E-state index in [9.17, 15) is 4.79 Å². The molecule has 21 heavy (non-hydrogen) atoms. The molecule has 1 aliphatic rings. The van der Waals surface area contributed by atoms with Crippen molar-refractivity contribution >= 4 is 23.6 Å². The van der Waals surface area contributed by atoms with Gasteiger partial charge < -0.3 is 14.8 Å². The third-order valence-corrected chi connectivity index (χ3v) is 2.98. The Labute approximate surface area is 127 Å². The number of benzene rings is 1. The Morgan fingerprint density at radius 3 is 2.95 bits per heavy atom. The molecule has 0 saturated heterocycles. The summed E-state index contributed by atoms with van der Waals surface area (Å²) in [5.41, 5.74) is 0.569. The number of carbonyl (C=O) groups excluding carboxylic acids is 1. The van der Waals surface area contributed by atoms with Crippen molar-refractivity contribution in [3.63, 3.8) is 0 Å². The van der Waals surface area contributed by atoms with Gasteiger partial charge >= 0.3 is 0 Å². The van der Waals surface area contributed by atoms with Crippen LogP contribution in [0.1, 0.15) is 5.56 Å². The Hall–Kier alpha value is -2.45. The van der Waals surface area contributed by atoms with E-state index in [1.807, 2.05) is 6.07 Å². The lowest BCUT2D eigenvalue weighted by Crippen LogP contribution is -2.24. The topological polar surface area (TPSA) is 71.4 Å². The number of halogens is 1. The van der Waals surface area contributed by atoms with Gasteiger partial charge in [0.1, 0.15) is 24.9 Å². The van der Waals surface area contributed by atoms with Crippen molar-refractivity contribution in [2.24, 2.45) is 0 Å². The average molecular weight is 305 g/mol. The number of nitrogens with one attached hydrogen (secondary N) is 1. The minimum atomic E-state index is -0.469. The van der Waals surface area contributed by atoms with Crippen LogP contribution >= 0.6 is 11.6 Å². The Balaban J connectivity index is 2.30. The zero-order valence-corrected chi connectivity index (χ0v) is 11.9. The molecule has 1 aromatic carbocycles. The van der Waals surface area contributed by atoms with Gasteiger partial charge in [0.15, 0.2) is 11.5 Å². The molecular weight excluding hydrogens is 292 g/mol. The van der Waals surface area contributed by atoms with Crippen LogP contribution in [-0.2, 0) is 4.79 Å². The summed E-state index contributed by atoms with van der Waals surface area (Å²) >= 11 is 6.11. The number of fused-ring (bicyclic) bond motifs is 1. The van der Waals surface area contributed by atoms with Crippen LogP contribution in [-0.4, -0.2) is 25.7 Å². The summed E-state index contributed by atoms with van der Waals surface area (Å²) in [6, 6.07) is 5.16. The maximum absolute atomic E-state index is 11.8. The average Bonchev–Trinajstić information content (AvgIpc) is 2.50. The number of carbonyl (C=O) groups is 1. The Kier molecular flexibility index (Phi) is 4.85. The van der Waals surface area contributed by atoms with Gasteiger partial charge in [0.05, 0.1) is 5.02 Å². The van der Waals surface area contributed by atoms with Crippen LogP contribution in [0.25, 0.3) is 6.08 Å². The van der Waals surface area contributed by atoms with E-state index in [1.54, 1.807) is 12.1 Å². The van der Waals surface area contributed by atoms with Gasteiger partial charge in [0.25, 0.3) is 5.91 Å². The van der Waals surface area contributed by atoms with E-state index in [-0.39, 0.29) is 5.57 Å². The smallest absolute Gasteiger partial charge is 0.262 e. The molecule has 1 N–H and O–H groups in total. The van der Waals surface area contributed by atoms with E-state index in [0.29, 0.717) is 41.8 Å². The highest BCUT2D eigenvalue weighted by Gasteiger charge is 2.17. The molecule has 1 heterocycles. The standard InChI is InChI=1S/C15H13ClN2O3/c1-2-3-18-15(19)11(9-17)6-10-7-12(16)14-13(8-10)20-4-5-21-14/h2,6-8H,1,3-5H2,(H,18,19)/b11-6+. The fourth-order valence-electron chi connectivity index (χ4n) is 1.79. The maximum Gasteiger partial charge on any atom is 0.262 e. The molecule has 1 aromatic rings.